The minimum absolute atomic E-state index is 0.0307. The van der Waals surface area contributed by atoms with Crippen molar-refractivity contribution in [3.8, 4) is 0 Å². The van der Waals surface area contributed by atoms with Crippen LogP contribution in [-0.2, 0) is 19.1 Å². The van der Waals surface area contributed by atoms with E-state index in [2.05, 4.69) is 25.7 Å². The van der Waals surface area contributed by atoms with Crippen molar-refractivity contribution in [1.29, 1.82) is 0 Å². The van der Waals surface area contributed by atoms with Crippen LogP contribution in [0.25, 0.3) is 0 Å². The second-order valence-corrected chi connectivity index (χ2v) is 12.2. The molecule has 2 N–H and O–H groups in total. The van der Waals surface area contributed by atoms with Crippen molar-refractivity contribution in [2.45, 2.75) is 50.1 Å². The molecular weight excluding hydrogens is 591 g/mol. The van der Waals surface area contributed by atoms with Crippen molar-refractivity contribution in [2.24, 2.45) is 11.0 Å². The molecule has 2 atom stereocenters. The molecule has 11 nitrogen and oxygen atoms in total. The van der Waals surface area contributed by atoms with Gasteiger partial charge in [0.1, 0.15) is 10.9 Å². The standard InChI is InChI=1S/C27H26Cl2N6O5S/c1-15-11-18(28)12-20(26(36)32-16(2)17-7-8-17)24(15)33-27(37)22-13-23(34-35(22)25-21(29)6-4-10-31-25)40-41(38,39)19-5-3-9-30-14-19/h3-6,9-12,14,16-17,22H,7-8,13H2,1-2H3,(H,32,36)(H,33,37). The lowest BCUT2D eigenvalue weighted by atomic mass is 10.1. The highest BCUT2D eigenvalue weighted by atomic mass is 35.5. The van der Waals surface area contributed by atoms with Crippen molar-refractivity contribution >= 4 is 62.5 Å². The number of carbonyl (C=O) groups excluding carboxylic acids is 2. The third-order valence-corrected chi connectivity index (χ3v) is 8.50. The molecule has 214 valence electrons. The highest BCUT2D eigenvalue weighted by molar-refractivity contribution is 7.87. The van der Waals surface area contributed by atoms with E-state index in [1.807, 2.05) is 6.92 Å². The maximum atomic E-state index is 13.8. The van der Waals surface area contributed by atoms with Crippen LogP contribution in [0.2, 0.25) is 10.0 Å². The summed E-state index contributed by atoms with van der Waals surface area (Å²) in [7, 11) is -4.28. The topological polar surface area (TPSA) is 143 Å². The predicted octanol–water partition coefficient (Wildman–Crippen LogP) is 4.56. The molecule has 2 amide bonds. The number of rotatable bonds is 8. The molecule has 3 aromatic rings. The van der Waals surface area contributed by atoms with E-state index in [1.165, 1.54) is 35.6 Å². The van der Waals surface area contributed by atoms with Gasteiger partial charge in [0, 0.05) is 29.7 Å². The number of hydrogen-bond acceptors (Lipinski definition) is 9. The number of hydrogen-bond donors (Lipinski definition) is 2. The number of hydrazone groups is 1. The monoisotopic (exact) mass is 616 g/mol. The summed E-state index contributed by atoms with van der Waals surface area (Å²) in [6.45, 7) is 3.66. The summed E-state index contributed by atoms with van der Waals surface area (Å²) in [5, 5.41) is 11.8. The van der Waals surface area contributed by atoms with Gasteiger partial charge in [0.05, 0.1) is 22.7 Å². The van der Waals surface area contributed by atoms with E-state index in [9.17, 15) is 18.0 Å². The molecule has 2 unspecified atom stereocenters. The summed E-state index contributed by atoms with van der Waals surface area (Å²) in [6, 6.07) is 7.93. The van der Waals surface area contributed by atoms with Crippen LogP contribution in [0.4, 0.5) is 11.5 Å². The molecule has 0 saturated heterocycles. The fraction of sp³-hybridized carbons (Fsp3) is 0.296. The molecule has 2 aliphatic rings. The van der Waals surface area contributed by atoms with Crippen molar-refractivity contribution < 1.29 is 22.2 Å². The fourth-order valence-corrected chi connectivity index (χ4v) is 5.81. The van der Waals surface area contributed by atoms with E-state index in [0.29, 0.717) is 16.5 Å². The number of amides is 2. The lowest BCUT2D eigenvalue weighted by molar-refractivity contribution is -0.117. The number of halogens is 2. The third-order valence-electron chi connectivity index (χ3n) is 6.75. The minimum Gasteiger partial charge on any atom is -0.361 e. The minimum atomic E-state index is -4.28. The maximum Gasteiger partial charge on any atom is 0.341 e. The number of aromatic nitrogens is 2. The molecule has 3 heterocycles. The largest absolute Gasteiger partial charge is 0.361 e. The molecule has 41 heavy (non-hydrogen) atoms. The van der Waals surface area contributed by atoms with Crippen LogP contribution < -0.4 is 15.6 Å². The molecular formula is C27H26Cl2N6O5S. The zero-order valence-corrected chi connectivity index (χ0v) is 24.4. The molecule has 1 aliphatic carbocycles. The zero-order valence-electron chi connectivity index (χ0n) is 22.0. The Morgan fingerprint density at radius 1 is 1.15 bits per heavy atom. The Morgan fingerprint density at radius 2 is 1.90 bits per heavy atom. The van der Waals surface area contributed by atoms with Crippen LogP contribution in [0.15, 0.2) is 65.0 Å². The van der Waals surface area contributed by atoms with Crippen LogP contribution in [0.3, 0.4) is 0 Å². The van der Waals surface area contributed by atoms with Crippen molar-refractivity contribution in [3.63, 3.8) is 0 Å². The Morgan fingerprint density at radius 3 is 2.59 bits per heavy atom. The quantitative estimate of drug-likeness (QED) is 0.351. The normalized spacial score (nSPS) is 17.5. The van der Waals surface area contributed by atoms with E-state index in [0.717, 1.165) is 19.0 Å². The number of nitrogens with zero attached hydrogens (tertiary/aromatic N) is 4. The van der Waals surface area contributed by atoms with Crippen LogP contribution >= 0.6 is 23.2 Å². The van der Waals surface area contributed by atoms with Crippen LogP contribution in [0, 0.1) is 12.8 Å². The smallest absolute Gasteiger partial charge is 0.341 e. The van der Waals surface area contributed by atoms with Gasteiger partial charge in [-0.25, -0.2) is 9.99 Å². The summed E-state index contributed by atoms with van der Waals surface area (Å²) in [5.74, 6) is -0.673. The summed E-state index contributed by atoms with van der Waals surface area (Å²) in [5.41, 5.74) is 1.03. The van der Waals surface area contributed by atoms with Crippen molar-refractivity contribution in [1.82, 2.24) is 15.3 Å². The van der Waals surface area contributed by atoms with Gasteiger partial charge in [-0.2, -0.15) is 8.42 Å². The molecule has 14 heteroatoms. The number of carbonyl (C=O) groups is 2. The number of pyridine rings is 2. The van der Waals surface area contributed by atoms with E-state index in [-0.39, 0.29) is 51.3 Å². The van der Waals surface area contributed by atoms with Gasteiger partial charge < -0.3 is 14.8 Å². The van der Waals surface area contributed by atoms with Gasteiger partial charge >= 0.3 is 10.1 Å². The molecule has 1 aromatic carbocycles. The van der Waals surface area contributed by atoms with Crippen molar-refractivity contribution in [2.75, 3.05) is 10.3 Å². The second-order valence-electron chi connectivity index (χ2n) is 9.83. The maximum absolute atomic E-state index is 13.8. The average Bonchev–Trinajstić information content (AvgIpc) is 3.71. The van der Waals surface area contributed by atoms with Crippen LogP contribution in [0.1, 0.15) is 42.1 Å². The van der Waals surface area contributed by atoms with Gasteiger partial charge in [0.15, 0.2) is 5.82 Å². The molecule has 1 fully saturated rings. The lowest BCUT2D eigenvalue weighted by Gasteiger charge is -2.23. The molecule has 5 rings (SSSR count). The Labute approximate surface area is 247 Å². The van der Waals surface area contributed by atoms with E-state index < -0.39 is 22.1 Å². The fourth-order valence-electron chi connectivity index (χ4n) is 4.44. The summed E-state index contributed by atoms with van der Waals surface area (Å²) in [4.78, 5) is 34.9. The first kappa shape index (κ1) is 28.8. The molecule has 0 spiro atoms. The second kappa shape index (κ2) is 11.6. The highest BCUT2D eigenvalue weighted by Gasteiger charge is 2.39. The van der Waals surface area contributed by atoms with Crippen LogP contribution in [0.5, 0.6) is 0 Å². The summed E-state index contributed by atoms with van der Waals surface area (Å²) >= 11 is 12.6. The Balaban J connectivity index is 1.44. The summed E-state index contributed by atoms with van der Waals surface area (Å²) < 4.78 is 31.0. The molecule has 0 bridgehead atoms. The number of anilines is 2. The first-order valence-electron chi connectivity index (χ1n) is 12.8. The predicted molar refractivity (Wildman–Crippen MR) is 155 cm³/mol. The Hall–Kier alpha value is -3.74. The first-order chi connectivity index (χ1) is 19.5. The van der Waals surface area contributed by atoms with Gasteiger partial charge in [-0.3, -0.25) is 14.6 Å². The highest BCUT2D eigenvalue weighted by Crippen LogP contribution is 2.34. The third kappa shape index (κ3) is 6.45. The van der Waals surface area contributed by atoms with Gasteiger partial charge in [0.2, 0.25) is 11.8 Å². The number of nitrogens with one attached hydrogen (secondary N) is 2. The van der Waals surface area contributed by atoms with E-state index in [1.54, 1.807) is 25.1 Å². The molecule has 2 aromatic heterocycles. The van der Waals surface area contributed by atoms with E-state index in [4.69, 9.17) is 27.4 Å². The van der Waals surface area contributed by atoms with E-state index >= 15 is 0 Å². The number of aryl methyl sites for hydroxylation is 1. The van der Waals surface area contributed by atoms with Gasteiger partial charge in [0.25, 0.3) is 5.91 Å². The van der Waals surface area contributed by atoms with Crippen molar-refractivity contribution in [3.05, 3.63) is 76.2 Å². The lowest BCUT2D eigenvalue weighted by Crippen LogP contribution is -2.40. The Bertz CT molecular complexity index is 1630. The van der Waals surface area contributed by atoms with Crippen LogP contribution in [-0.4, -0.2) is 48.2 Å². The zero-order chi connectivity index (χ0) is 29.3. The summed E-state index contributed by atoms with van der Waals surface area (Å²) in [6.07, 6.45) is 5.90. The molecule has 0 radical (unpaired) electrons. The van der Waals surface area contributed by atoms with Gasteiger partial charge in [-0.15, -0.1) is 5.10 Å². The number of benzene rings is 1. The van der Waals surface area contributed by atoms with Gasteiger partial charge in [-0.1, -0.05) is 23.2 Å². The molecule has 1 saturated carbocycles. The SMILES string of the molecule is Cc1cc(Cl)cc(C(=O)NC(C)C2CC2)c1NC(=O)C1CC(OS(=O)(=O)c2cccnc2)=NN1c1ncccc1Cl. The Kier molecular flexibility index (Phi) is 8.16. The molecule has 1 aliphatic heterocycles. The average molecular weight is 618 g/mol. The van der Waals surface area contributed by atoms with Gasteiger partial charge in [-0.05, 0) is 74.6 Å². The first-order valence-corrected chi connectivity index (χ1v) is 14.9.